The minimum Gasteiger partial charge on any atom is -0.316 e. The number of hydrogen-bond donors (Lipinski definition) is 1. The van der Waals surface area contributed by atoms with E-state index >= 15 is 0 Å². The summed E-state index contributed by atoms with van der Waals surface area (Å²) in [5.41, 5.74) is 0. The lowest BCUT2D eigenvalue weighted by Gasteiger charge is -2.28. The molecule has 0 spiro atoms. The van der Waals surface area contributed by atoms with Crippen LogP contribution < -0.4 is 5.32 Å². The fourth-order valence-corrected chi connectivity index (χ4v) is 4.60. The molecule has 0 aliphatic heterocycles. The summed E-state index contributed by atoms with van der Waals surface area (Å²) in [5.74, 6) is -1.12. The maximum atomic E-state index is 13.8. The van der Waals surface area contributed by atoms with Gasteiger partial charge in [0.1, 0.15) is 11.6 Å². The van der Waals surface area contributed by atoms with Crippen molar-refractivity contribution in [3.63, 3.8) is 0 Å². The highest BCUT2D eigenvalue weighted by Crippen LogP contribution is 2.26. The summed E-state index contributed by atoms with van der Waals surface area (Å²) >= 11 is 0. The molecule has 1 N–H and O–H groups in total. The molecule has 0 radical (unpaired) electrons. The van der Waals surface area contributed by atoms with Crippen LogP contribution in [0.25, 0.3) is 0 Å². The fraction of sp³-hybridized carbons (Fsp3) is 0.600. The molecule has 1 saturated carbocycles. The van der Waals surface area contributed by atoms with Gasteiger partial charge in [-0.25, -0.2) is 8.78 Å². The Hall–Kier alpha value is -0.810. The van der Waals surface area contributed by atoms with Gasteiger partial charge >= 0.3 is 0 Å². The van der Waals surface area contributed by atoms with Crippen molar-refractivity contribution in [2.45, 2.75) is 54.7 Å². The number of rotatable bonds is 3. The van der Waals surface area contributed by atoms with Gasteiger partial charge in [-0.2, -0.15) is 0 Å². The van der Waals surface area contributed by atoms with E-state index in [2.05, 4.69) is 5.32 Å². The molecule has 0 bridgehead atoms. The molecule has 2 rings (SSSR count). The molecule has 112 valence electrons. The summed E-state index contributed by atoms with van der Waals surface area (Å²) < 4.78 is 39.8. The van der Waals surface area contributed by atoms with Gasteiger partial charge in [-0.15, -0.1) is 0 Å². The van der Waals surface area contributed by atoms with E-state index in [1.807, 2.05) is 7.05 Å². The largest absolute Gasteiger partial charge is 0.316 e. The summed E-state index contributed by atoms with van der Waals surface area (Å²) in [7, 11) is 0.328. The van der Waals surface area contributed by atoms with Crippen molar-refractivity contribution >= 4 is 10.8 Å². The Bertz CT molecular complexity index is 481. The van der Waals surface area contributed by atoms with Gasteiger partial charge in [0.25, 0.3) is 0 Å². The second kappa shape index (κ2) is 7.27. The van der Waals surface area contributed by atoms with Crippen LogP contribution in [-0.4, -0.2) is 22.5 Å². The first-order valence-corrected chi connectivity index (χ1v) is 8.37. The van der Waals surface area contributed by atoms with Crippen molar-refractivity contribution < 1.29 is 13.0 Å². The van der Waals surface area contributed by atoms with E-state index in [4.69, 9.17) is 0 Å². The number of hydrogen-bond acceptors (Lipinski definition) is 2. The Morgan fingerprint density at radius 2 is 1.85 bits per heavy atom. The number of halogens is 2. The quantitative estimate of drug-likeness (QED) is 0.927. The van der Waals surface area contributed by atoms with Crippen molar-refractivity contribution in [3.8, 4) is 0 Å². The van der Waals surface area contributed by atoms with Gasteiger partial charge in [0, 0.05) is 6.04 Å². The second-order valence-electron chi connectivity index (χ2n) is 5.30. The average molecular weight is 301 g/mol. The lowest BCUT2D eigenvalue weighted by molar-refractivity contribution is 0.413. The molecular weight excluding hydrogens is 280 g/mol. The van der Waals surface area contributed by atoms with Crippen LogP contribution in [0.5, 0.6) is 0 Å². The van der Waals surface area contributed by atoms with Gasteiger partial charge in [-0.1, -0.05) is 25.7 Å². The molecule has 1 aliphatic carbocycles. The molecular formula is C15H21F2NOS. The normalized spacial score (nSPS) is 25.8. The molecule has 0 heterocycles. The summed E-state index contributed by atoms with van der Waals surface area (Å²) in [4.78, 5) is -0.00387. The van der Waals surface area contributed by atoms with Gasteiger partial charge < -0.3 is 5.32 Å². The zero-order valence-corrected chi connectivity index (χ0v) is 12.5. The van der Waals surface area contributed by atoms with Gasteiger partial charge in [0.2, 0.25) is 0 Å². The zero-order valence-electron chi connectivity index (χ0n) is 11.7. The summed E-state index contributed by atoms with van der Waals surface area (Å²) in [5, 5.41) is 3.04. The van der Waals surface area contributed by atoms with E-state index < -0.39 is 22.4 Å². The third-order valence-electron chi connectivity index (χ3n) is 3.96. The van der Waals surface area contributed by atoms with Crippen molar-refractivity contribution in [3.05, 3.63) is 29.8 Å². The first kappa shape index (κ1) is 15.6. The van der Waals surface area contributed by atoms with Gasteiger partial charge in [0.15, 0.2) is 0 Å². The summed E-state index contributed by atoms with van der Waals surface area (Å²) in [6.07, 6.45) is 6.11. The molecule has 5 heteroatoms. The molecule has 1 fully saturated rings. The van der Waals surface area contributed by atoms with Crippen LogP contribution >= 0.6 is 0 Å². The van der Waals surface area contributed by atoms with Gasteiger partial charge in [-0.05, 0) is 38.1 Å². The van der Waals surface area contributed by atoms with Crippen LogP contribution in [-0.2, 0) is 10.8 Å². The van der Waals surface area contributed by atoms with Crippen LogP contribution in [0.4, 0.5) is 8.78 Å². The molecule has 2 nitrogen and oxygen atoms in total. The maximum Gasteiger partial charge on any atom is 0.139 e. The molecule has 0 aromatic heterocycles. The van der Waals surface area contributed by atoms with E-state index in [-0.39, 0.29) is 16.2 Å². The van der Waals surface area contributed by atoms with Crippen molar-refractivity contribution in [1.29, 1.82) is 0 Å². The second-order valence-corrected chi connectivity index (χ2v) is 6.94. The highest BCUT2D eigenvalue weighted by molar-refractivity contribution is 7.85. The van der Waals surface area contributed by atoms with Crippen LogP contribution in [0.3, 0.4) is 0 Å². The van der Waals surface area contributed by atoms with Crippen molar-refractivity contribution in [2.24, 2.45) is 0 Å². The predicted molar refractivity (Wildman–Crippen MR) is 77.1 cm³/mol. The molecule has 1 aromatic rings. The van der Waals surface area contributed by atoms with E-state index in [0.29, 0.717) is 0 Å². The molecule has 3 unspecified atom stereocenters. The Morgan fingerprint density at radius 3 is 2.55 bits per heavy atom. The SMILES string of the molecule is CNC1CCCCCCC1S(=O)c1cc(F)ccc1F. The molecule has 0 saturated heterocycles. The smallest absolute Gasteiger partial charge is 0.139 e. The summed E-state index contributed by atoms with van der Waals surface area (Å²) in [6, 6.07) is 3.28. The van der Waals surface area contributed by atoms with Gasteiger partial charge in [0.05, 0.1) is 20.9 Å². The first-order chi connectivity index (χ1) is 9.63. The fourth-order valence-electron chi connectivity index (χ4n) is 2.83. The van der Waals surface area contributed by atoms with Crippen molar-refractivity contribution in [1.82, 2.24) is 5.32 Å². The molecule has 1 aromatic carbocycles. The average Bonchev–Trinajstić information content (AvgIpc) is 2.41. The first-order valence-electron chi connectivity index (χ1n) is 7.16. The molecule has 3 atom stereocenters. The summed E-state index contributed by atoms with van der Waals surface area (Å²) in [6.45, 7) is 0. The Kier molecular flexibility index (Phi) is 5.66. The van der Waals surface area contributed by atoms with E-state index in [0.717, 1.165) is 50.3 Å². The van der Waals surface area contributed by atoms with Crippen LogP contribution in [0.15, 0.2) is 23.1 Å². The topological polar surface area (TPSA) is 29.1 Å². The molecule has 1 aliphatic rings. The Labute approximate surface area is 121 Å². The third kappa shape index (κ3) is 3.64. The zero-order chi connectivity index (χ0) is 14.5. The van der Waals surface area contributed by atoms with E-state index in [9.17, 15) is 13.0 Å². The lowest BCUT2D eigenvalue weighted by Crippen LogP contribution is -2.41. The standard InChI is InChI=1S/C15H21F2NOS/c1-18-13-6-4-2-3-5-7-14(13)20(19)15-10-11(16)8-9-12(15)17/h8-10,13-14,18H,2-7H2,1H3. The van der Waals surface area contributed by atoms with E-state index in [1.165, 1.54) is 6.42 Å². The monoisotopic (exact) mass is 301 g/mol. The number of benzene rings is 1. The highest BCUT2D eigenvalue weighted by Gasteiger charge is 2.29. The van der Waals surface area contributed by atoms with Crippen LogP contribution in [0, 0.1) is 11.6 Å². The Morgan fingerprint density at radius 1 is 1.15 bits per heavy atom. The van der Waals surface area contributed by atoms with E-state index in [1.54, 1.807) is 0 Å². The minimum atomic E-state index is -1.52. The lowest BCUT2D eigenvalue weighted by atomic mass is 9.96. The van der Waals surface area contributed by atoms with Crippen molar-refractivity contribution in [2.75, 3.05) is 7.05 Å². The van der Waals surface area contributed by atoms with Crippen LogP contribution in [0.2, 0.25) is 0 Å². The Balaban J connectivity index is 2.25. The molecule has 20 heavy (non-hydrogen) atoms. The molecule has 0 amide bonds. The van der Waals surface area contributed by atoms with Gasteiger partial charge in [-0.3, -0.25) is 4.21 Å². The van der Waals surface area contributed by atoms with Crippen LogP contribution in [0.1, 0.15) is 38.5 Å². The minimum absolute atomic E-state index is 0.00387. The maximum absolute atomic E-state index is 13.8. The predicted octanol–water partition coefficient (Wildman–Crippen LogP) is 3.38. The third-order valence-corrected chi connectivity index (χ3v) is 5.82. The highest BCUT2D eigenvalue weighted by atomic mass is 32.2. The number of nitrogens with one attached hydrogen (secondary N) is 1.